The van der Waals surface area contributed by atoms with Gasteiger partial charge in [-0.25, -0.2) is 5.43 Å². The van der Waals surface area contributed by atoms with E-state index in [-0.39, 0.29) is 28.8 Å². The van der Waals surface area contributed by atoms with Crippen LogP contribution in [0.1, 0.15) is 17.2 Å². The number of benzene rings is 2. The van der Waals surface area contributed by atoms with E-state index in [1.807, 2.05) is 48.5 Å². The standard InChI is InChI=1S/C20H17N5O2/c1-25-13-10-6-5-9-12(13)18(26)15(20(25)27)17-14-16(11-7-3-2-4-8-11)21-23-19(14)24-22-17/h2-10,14,16,21,26H,1H3,(H,23,24)/t14-,16-/m1/s1. The summed E-state index contributed by atoms with van der Waals surface area (Å²) in [6, 6.07) is 17.0. The Bertz CT molecular complexity index is 1180. The van der Waals surface area contributed by atoms with Gasteiger partial charge in [0.2, 0.25) is 0 Å². The van der Waals surface area contributed by atoms with E-state index in [0.29, 0.717) is 22.5 Å². The molecule has 0 unspecified atom stereocenters. The summed E-state index contributed by atoms with van der Waals surface area (Å²) in [5.74, 6) is 0.322. The topological polar surface area (TPSA) is 91.0 Å². The van der Waals surface area contributed by atoms with Gasteiger partial charge in [-0.2, -0.15) is 5.10 Å². The second-order valence-electron chi connectivity index (χ2n) is 6.71. The number of hydrazine groups is 1. The van der Waals surface area contributed by atoms with Crippen molar-refractivity contribution in [2.24, 2.45) is 23.2 Å². The molecule has 0 bridgehead atoms. The van der Waals surface area contributed by atoms with Crippen LogP contribution in [-0.2, 0) is 7.05 Å². The minimum absolute atomic E-state index is 0.0531. The van der Waals surface area contributed by atoms with E-state index in [9.17, 15) is 9.90 Å². The highest BCUT2D eigenvalue weighted by atomic mass is 16.3. The first-order valence-corrected chi connectivity index (χ1v) is 8.70. The molecule has 2 aromatic carbocycles. The molecule has 3 aromatic rings. The normalized spacial score (nSPS) is 20.9. The maximum Gasteiger partial charge on any atom is 0.263 e. The molecule has 27 heavy (non-hydrogen) atoms. The zero-order valence-corrected chi connectivity index (χ0v) is 14.5. The molecule has 134 valence electrons. The SMILES string of the molecule is Cn1c(=O)c(C2=NN=C3NN[C@H](c4ccccc4)[C@@H]32)c(O)c2ccccc21. The summed E-state index contributed by atoms with van der Waals surface area (Å²) in [7, 11) is 1.70. The van der Waals surface area contributed by atoms with Crippen LogP contribution >= 0.6 is 0 Å². The van der Waals surface area contributed by atoms with Gasteiger partial charge in [-0.3, -0.25) is 4.79 Å². The van der Waals surface area contributed by atoms with Gasteiger partial charge in [0.1, 0.15) is 17.1 Å². The highest BCUT2D eigenvalue weighted by Gasteiger charge is 2.43. The summed E-state index contributed by atoms with van der Waals surface area (Å²) in [6.07, 6.45) is 0. The Balaban J connectivity index is 1.69. The van der Waals surface area contributed by atoms with Crippen LogP contribution in [0.2, 0.25) is 0 Å². The zero-order chi connectivity index (χ0) is 18.5. The van der Waals surface area contributed by atoms with Crippen molar-refractivity contribution in [1.29, 1.82) is 0 Å². The minimum atomic E-state index is -0.292. The molecule has 7 nitrogen and oxygen atoms in total. The lowest BCUT2D eigenvalue weighted by Gasteiger charge is -2.19. The number of hydrogen-bond acceptors (Lipinski definition) is 6. The summed E-state index contributed by atoms with van der Waals surface area (Å²) >= 11 is 0. The van der Waals surface area contributed by atoms with Crippen LogP contribution in [0, 0.1) is 5.92 Å². The van der Waals surface area contributed by atoms with Crippen molar-refractivity contribution in [3.05, 3.63) is 76.1 Å². The number of aromatic nitrogens is 1. The van der Waals surface area contributed by atoms with Crippen molar-refractivity contribution < 1.29 is 5.11 Å². The Morgan fingerprint density at radius 1 is 1.04 bits per heavy atom. The van der Waals surface area contributed by atoms with Gasteiger partial charge in [-0.05, 0) is 17.7 Å². The molecule has 0 aliphatic carbocycles. The first kappa shape index (κ1) is 15.8. The third kappa shape index (κ3) is 2.22. The monoisotopic (exact) mass is 359 g/mol. The van der Waals surface area contributed by atoms with Crippen LogP contribution in [0.5, 0.6) is 5.75 Å². The fraction of sp³-hybridized carbons (Fsp3) is 0.150. The number of amidine groups is 1. The van der Waals surface area contributed by atoms with Crippen LogP contribution < -0.4 is 16.4 Å². The summed E-state index contributed by atoms with van der Waals surface area (Å²) in [4.78, 5) is 13.1. The van der Waals surface area contributed by atoms with E-state index >= 15 is 0 Å². The van der Waals surface area contributed by atoms with Crippen LogP contribution in [-0.4, -0.2) is 21.2 Å². The van der Waals surface area contributed by atoms with Crippen molar-refractivity contribution >= 4 is 22.5 Å². The highest BCUT2D eigenvalue weighted by molar-refractivity contribution is 6.20. The van der Waals surface area contributed by atoms with Gasteiger partial charge in [0.05, 0.1) is 23.2 Å². The Morgan fingerprint density at radius 3 is 2.59 bits per heavy atom. The number of para-hydroxylation sites is 1. The van der Waals surface area contributed by atoms with Gasteiger partial charge in [-0.1, -0.05) is 42.5 Å². The van der Waals surface area contributed by atoms with Crippen molar-refractivity contribution in [2.75, 3.05) is 0 Å². The van der Waals surface area contributed by atoms with Crippen LogP contribution in [0.4, 0.5) is 0 Å². The van der Waals surface area contributed by atoms with Gasteiger partial charge in [0.25, 0.3) is 5.56 Å². The van der Waals surface area contributed by atoms with E-state index in [4.69, 9.17) is 0 Å². The molecular formula is C20H17N5O2. The number of aryl methyl sites for hydroxylation is 1. The number of rotatable bonds is 2. The predicted octanol–water partition coefficient (Wildman–Crippen LogP) is 1.83. The minimum Gasteiger partial charge on any atom is -0.506 e. The van der Waals surface area contributed by atoms with Gasteiger partial charge >= 0.3 is 0 Å². The van der Waals surface area contributed by atoms with Gasteiger partial charge in [0.15, 0.2) is 0 Å². The molecule has 2 aliphatic heterocycles. The molecule has 7 heteroatoms. The molecule has 3 N–H and O–H groups in total. The van der Waals surface area contributed by atoms with Crippen molar-refractivity contribution in [1.82, 2.24) is 15.4 Å². The summed E-state index contributed by atoms with van der Waals surface area (Å²) in [6.45, 7) is 0. The smallest absolute Gasteiger partial charge is 0.263 e. The fourth-order valence-electron chi connectivity index (χ4n) is 3.87. The molecule has 5 rings (SSSR count). The molecule has 2 aliphatic rings. The first-order valence-electron chi connectivity index (χ1n) is 8.70. The molecule has 0 spiro atoms. The Labute approximate surface area is 154 Å². The zero-order valence-electron chi connectivity index (χ0n) is 14.5. The summed E-state index contributed by atoms with van der Waals surface area (Å²) < 4.78 is 1.54. The van der Waals surface area contributed by atoms with E-state index in [1.165, 1.54) is 4.57 Å². The molecule has 2 atom stereocenters. The fourth-order valence-corrected chi connectivity index (χ4v) is 3.87. The van der Waals surface area contributed by atoms with E-state index in [1.54, 1.807) is 13.1 Å². The van der Waals surface area contributed by atoms with Gasteiger partial charge < -0.3 is 15.1 Å². The van der Waals surface area contributed by atoms with Crippen molar-refractivity contribution in [3.63, 3.8) is 0 Å². The molecule has 0 radical (unpaired) electrons. The first-order chi connectivity index (χ1) is 13.2. The third-order valence-electron chi connectivity index (χ3n) is 5.23. The third-order valence-corrected chi connectivity index (χ3v) is 5.23. The van der Waals surface area contributed by atoms with Gasteiger partial charge in [-0.15, -0.1) is 5.10 Å². The molecule has 1 aromatic heterocycles. The maximum absolute atomic E-state index is 13.1. The number of nitrogens with one attached hydrogen (secondary N) is 2. The molecule has 1 fully saturated rings. The number of hydrogen-bond donors (Lipinski definition) is 3. The molecule has 3 heterocycles. The second kappa shape index (κ2) is 5.78. The van der Waals surface area contributed by atoms with E-state index in [2.05, 4.69) is 21.1 Å². The summed E-state index contributed by atoms with van der Waals surface area (Å²) in [5.41, 5.74) is 8.37. The molecular weight excluding hydrogens is 342 g/mol. The second-order valence-corrected chi connectivity index (χ2v) is 6.71. The lowest BCUT2D eigenvalue weighted by molar-refractivity contribution is 0.477. The van der Waals surface area contributed by atoms with E-state index in [0.717, 1.165) is 5.56 Å². The number of nitrogens with zero attached hydrogens (tertiary/aromatic N) is 3. The Hall–Kier alpha value is -3.45. The van der Waals surface area contributed by atoms with E-state index < -0.39 is 0 Å². The van der Waals surface area contributed by atoms with Crippen LogP contribution in [0.15, 0.2) is 69.6 Å². The number of pyridine rings is 1. The molecule has 0 saturated carbocycles. The maximum atomic E-state index is 13.1. The average molecular weight is 359 g/mol. The lowest BCUT2D eigenvalue weighted by atomic mass is 9.87. The largest absolute Gasteiger partial charge is 0.506 e. The van der Waals surface area contributed by atoms with Gasteiger partial charge in [0, 0.05) is 12.4 Å². The molecule has 0 amide bonds. The molecule has 1 saturated heterocycles. The average Bonchev–Trinajstić information content (AvgIpc) is 3.30. The quantitative estimate of drug-likeness (QED) is 0.651. The Morgan fingerprint density at radius 2 is 1.78 bits per heavy atom. The van der Waals surface area contributed by atoms with Crippen molar-refractivity contribution in [2.45, 2.75) is 6.04 Å². The van der Waals surface area contributed by atoms with Crippen molar-refractivity contribution in [3.8, 4) is 5.75 Å². The highest BCUT2D eigenvalue weighted by Crippen LogP contribution is 2.35. The van der Waals surface area contributed by atoms with Crippen LogP contribution in [0.3, 0.4) is 0 Å². The lowest BCUT2D eigenvalue weighted by Crippen LogP contribution is -2.32. The summed E-state index contributed by atoms with van der Waals surface area (Å²) in [5, 5.41) is 20.0. The predicted molar refractivity (Wildman–Crippen MR) is 104 cm³/mol. The van der Waals surface area contributed by atoms with Crippen LogP contribution in [0.25, 0.3) is 10.9 Å². The number of aromatic hydroxyl groups is 1. The Kier molecular flexibility index (Phi) is 3.38. The number of fused-ring (bicyclic) bond motifs is 2.